The molecular weight excluding hydrogens is 190 g/mol. The number of benzene rings is 1. The van der Waals surface area contributed by atoms with Crippen molar-refractivity contribution in [3.63, 3.8) is 0 Å². The van der Waals surface area contributed by atoms with E-state index < -0.39 is 0 Å². The Balaban J connectivity index is 2.39. The molecule has 1 aromatic rings. The van der Waals surface area contributed by atoms with Crippen LogP contribution in [-0.2, 0) is 6.42 Å². The maximum absolute atomic E-state index is 5.80. The Morgan fingerprint density at radius 3 is 2.60 bits per heavy atom. The summed E-state index contributed by atoms with van der Waals surface area (Å²) in [5, 5.41) is 0. The summed E-state index contributed by atoms with van der Waals surface area (Å²) in [5.41, 5.74) is 8.07. The molecule has 0 bridgehead atoms. The standard InChI is InChI=1S/C12H17NO2/c1-8-3-4-10(7-9(2)13)12-11(8)14-5-6-15-12/h3-4,9H,5-7,13H2,1-2H3. The molecule has 0 aromatic heterocycles. The van der Waals surface area contributed by atoms with Crippen LogP contribution in [0.25, 0.3) is 0 Å². The molecular formula is C12H17NO2. The number of ether oxygens (including phenoxy) is 2. The molecule has 0 amide bonds. The summed E-state index contributed by atoms with van der Waals surface area (Å²) < 4.78 is 11.3. The molecule has 15 heavy (non-hydrogen) atoms. The van der Waals surface area contributed by atoms with Gasteiger partial charge < -0.3 is 15.2 Å². The fourth-order valence-electron chi connectivity index (χ4n) is 1.83. The number of hydrogen-bond donors (Lipinski definition) is 1. The highest BCUT2D eigenvalue weighted by Gasteiger charge is 2.18. The summed E-state index contributed by atoms with van der Waals surface area (Å²) in [5.74, 6) is 1.78. The molecule has 1 atom stereocenters. The van der Waals surface area contributed by atoms with Crippen molar-refractivity contribution in [1.29, 1.82) is 0 Å². The molecule has 1 aromatic carbocycles. The maximum atomic E-state index is 5.80. The van der Waals surface area contributed by atoms with Crippen molar-refractivity contribution in [2.24, 2.45) is 5.73 Å². The van der Waals surface area contributed by atoms with Gasteiger partial charge in [-0.15, -0.1) is 0 Å². The van der Waals surface area contributed by atoms with Crippen molar-refractivity contribution in [2.45, 2.75) is 26.3 Å². The Morgan fingerprint density at radius 1 is 1.27 bits per heavy atom. The van der Waals surface area contributed by atoms with Crippen molar-refractivity contribution in [1.82, 2.24) is 0 Å². The first-order valence-electron chi connectivity index (χ1n) is 5.32. The first-order valence-corrected chi connectivity index (χ1v) is 5.32. The topological polar surface area (TPSA) is 44.5 Å². The lowest BCUT2D eigenvalue weighted by atomic mass is 10.0. The van der Waals surface area contributed by atoms with Crippen LogP contribution in [0.4, 0.5) is 0 Å². The molecule has 2 rings (SSSR count). The van der Waals surface area contributed by atoms with E-state index in [1.807, 2.05) is 13.8 Å². The molecule has 3 nitrogen and oxygen atoms in total. The van der Waals surface area contributed by atoms with Gasteiger partial charge in [-0.05, 0) is 31.4 Å². The van der Waals surface area contributed by atoms with Crippen molar-refractivity contribution < 1.29 is 9.47 Å². The van der Waals surface area contributed by atoms with E-state index in [4.69, 9.17) is 15.2 Å². The largest absolute Gasteiger partial charge is 0.486 e. The zero-order chi connectivity index (χ0) is 10.8. The van der Waals surface area contributed by atoms with Crippen LogP contribution >= 0.6 is 0 Å². The zero-order valence-electron chi connectivity index (χ0n) is 9.25. The van der Waals surface area contributed by atoms with Gasteiger partial charge in [0, 0.05) is 6.04 Å². The van der Waals surface area contributed by atoms with E-state index in [-0.39, 0.29) is 6.04 Å². The van der Waals surface area contributed by atoms with Gasteiger partial charge in [0.1, 0.15) is 13.2 Å². The molecule has 3 heteroatoms. The van der Waals surface area contributed by atoms with Gasteiger partial charge >= 0.3 is 0 Å². The third-order valence-electron chi connectivity index (χ3n) is 2.51. The maximum Gasteiger partial charge on any atom is 0.164 e. The third kappa shape index (κ3) is 2.07. The van der Waals surface area contributed by atoms with E-state index in [9.17, 15) is 0 Å². The summed E-state index contributed by atoms with van der Waals surface area (Å²) in [6.45, 7) is 5.29. The lowest BCUT2D eigenvalue weighted by Crippen LogP contribution is -2.21. The van der Waals surface area contributed by atoms with E-state index in [0.29, 0.717) is 13.2 Å². The Kier molecular flexibility index (Phi) is 2.82. The van der Waals surface area contributed by atoms with Crippen LogP contribution in [0.1, 0.15) is 18.1 Å². The highest BCUT2D eigenvalue weighted by atomic mass is 16.6. The van der Waals surface area contributed by atoms with E-state index in [1.54, 1.807) is 0 Å². The van der Waals surface area contributed by atoms with Gasteiger partial charge in [-0.3, -0.25) is 0 Å². The molecule has 0 fully saturated rings. The molecule has 0 aliphatic carbocycles. The second kappa shape index (κ2) is 4.11. The minimum Gasteiger partial charge on any atom is -0.486 e. The number of hydrogen-bond acceptors (Lipinski definition) is 3. The second-order valence-corrected chi connectivity index (χ2v) is 4.08. The Bertz CT molecular complexity index is 361. The van der Waals surface area contributed by atoms with Gasteiger partial charge in [-0.2, -0.15) is 0 Å². The second-order valence-electron chi connectivity index (χ2n) is 4.08. The summed E-state index contributed by atoms with van der Waals surface area (Å²) >= 11 is 0. The number of nitrogens with two attached hydrogens (primary N) is 1. The summed E-state index contributed by atoms with van der Waals surface area (Å²) in [6, 6.07) is 4.28. The number of aryl methyl sites for hydroxylation is 1. The molecule has 0 spiro atoms. The van der Waals surface area contributed by atoms with Gasteiger partial charge in [0.05, 0.1) is 0 Å². The Labute approximate surface area is 90.2 Å². The number of fused-ring (bicyclic) bond motifs is 1. The quantitative estimate of drug-likeness (QED) is 0.802. The van der Waals surface area contributed by atoms with Gasteiger partial charge in [0.15, 0.2) is 11.5 Å². The van der Waals surface area contributed by atoms with Crippen molar-refractivity contribution in [2.75, 3.05) is 13.2 Å². The fraction of sp³-hybridized carbons (Fsp3) is 0.500. The average molecular weight is 207 g/mol. The molecule has 1 heterocycles. The van der Waals surface area contributed by atoms with Crippen LogP contribution in [0.5, 0.6) is 11.5 Å². The molecule has 82 valence electrons. The first kappa shape index (κ1) is 10.3. The van der Waals surface area contributed by atoms with Gasteiger partial charge in [0.25, 0.3) is 0 Å². The monoisotopic (exact) mass is 207 g/mol. The van der Waals surface area contributed by atoms with Crippen LogP contribution in [-0.4, -0.2) is 19.3 Å². The normalized spacial score (nSPS) is 16.2. The zero-order valence-corrected chi connectivity index (χ0v) is 9.25. The molecule has 0 saturated heterocycles. The van der Waals surface area contributed by atoms with E-state index >= 15 is 0 Å². The highest BCUT2D eigenvalue weighted by molar-refractivity contribution is 5.52. The summed E-state index contributed by atoms with van der Waals surface area (Å²) in [4.78, 5) is 0. The van der Waals surface area contributed by atoms with E-state index in [2.05, 4.69) is 12.1 Å². The predicted molar refractivity (Wildman–Crippen MR) is 59.5 cm³/mol. The average Bonchev–Trinajstić information content (AvgIpc) is 2.22. The minimum atomic E-state index is 0.141. The smallest absolute Gasteiger partial charge is 0.164 e. The molecule has 1 aliphatic heterocycles. The molecule has 2 N–H and O–H groups in total. The lowest BCUT2D eigenvalue weighted by molar-refractivity contribution is 0.168. The third-order valence-corrected chi connectivity index (χ3v) is 2.51. The van der Waals surface area contributed by atoms with Crippen LogP contribution in [0.2, 0.25) is 0 Å². The van der Waals surface area contributed by atoms with Crippen LogP contribution in [0.15, 0.2) is 12.1 Å². The first-order chi connectivity index (χ1) is 7.18. The molecule has 1 unspecified atom stereocenters. The summed E-state index contributed by atoms with van der Waals surface area (Å²) in [7, 11) is 0. The molecule has 0 saturated carbocycles. The van der Waals surface area contributed by atoms with Gasteiger partial charge in [-0.25, -0.2) is 0 Å². The van der Waals surface area contributed by atoms with Crippen LogP contribution in [0.3, 0.4) is 0 Å². The predicted octanol–water partition coefficient (Wildman–Crippen LogP) is 1.66. The van der Waals surface area contributed by atoms with E-state index in [1.165, 1.54) is 0 Å². The SMILES string of the molecule is Cc1ccc(CC(C)N)c2c1OCCO2. The van der Waals surface area contributed by atoms with Crippen molar-refractivity contribution in [3.05, 3.63) is 23.3 Å². The summed E-state index contributed by atoms with van der Waals surface area (Å²) in [6.07, 6.45) is 0.825. The minimum absolute atomic E-state index is 0.141. The molecule has 1 aliphatic rings. The Morgan fingerprint density at radius 2 is 1.93 bits per heavy atom. The molecule has 0 radical (unpaired) electrons. The van der Waals surface area contributed by atoms with Crippen LogP contribution < -0.4 is 15.2 Å². The van der Waals surface area contributed by atoms with Crippen LogP contribution in [0, 0.1) is 6.92 Å². The van der Waals surface area contributed by atoms with E-state index in [0.717, 1.165) is 29.0 Å². The van der Waals surface area contributed by atoms with Crippen molar-refractivity contribution >= 4 is 0 Å². The fourth-order valence-corrected chi connectivity index (χ4v) is 1.83. The van der Waals surface area contributed by atoms with Gasteiger partial charge in [0.2, 0.25) is 0 Å². The van der Waals surface area contributed by atoms with Gasteiger partial charge in [-0.1, -0.05) is 12.1 Å². The lowest BCUT2D eigenvalue weighted by Gasteiger charge is -2.23. The number of rotatable bonds is 2. The Hall–Kier alpha value is -1.22. The van der Waals surface area contributed by atoms with Crippen molar-refractivity contribution in [3.8, 4) is 11.5 Å². The highest BCUT2D eigenvalue weighted by Crippen LogP contribution is 2.37.